The van der Waals surface area contributed by atoms with Crippen molar-refractivity contribution in [3.8, 4) is 0 Å². The summed E-state index contributed by atoms with van der Waals surface area (Å²) in [6.07, 6.45) is 2.31. The number of benzene rings is 1. The number of rotatable bonds is 7. The van der Waals surface area contributed by atoms with Crippen molar-refractivity contribution in [1.29, 1.82) is 0 Å². The predicted molar refractivity (Wildman–Crippen MR) is 76.5 cm³/mol. The highest BCUT2D eigenvalue weighted by Crippen LogP contribution is 2.20. The molecular formula is C14H15ClFNO4. The van der Waals surface area contributed by atoms with Crippen LogP contribution in [-0.4, -0.2) is 48.7 Å². The van der Waals surface area contributed by atoms with Crippen molar-refractivity contribution >= 4 is 29.6 Å². The molecule has 1 amide bonds. The number of ether oxygens (including phenoxy) is 1. The van der Waals surface area contributed by atoms with Crippen LogP contribution in [0, 0.1) is 5.82 Å². The Kier molecular flexibility index (Phi) is 6.84. The van der Waals surface area contributed by atoms with Crippen LogP contribution in [0.1, 0.15) is 5.56 Å². The van der Waals surface area contributed by atoms with E-state index >= 15 is 0 Å². The Morgan fingerprint density at radius 1 is 1.48 bits per heavy atom. The molecule has 1 N–H and O–H groups in total. The van der Waals surface area contributed by atoms with Gasteiger partial charge in [-0.25, -0.2) is 4.39 Å². The molecule has 0 aliphatic rings. The van der Waals surface area contributed by atoms with Gasteiger partial charge in [0.1, 0.15) is 12.4 Å². The molecule has 0 unspecified atom stereocenters. The molecule has 0 aliphatic heterocycles. The minimum absolute atomic E-state index is 0.0783. The van der Waals surface area contributed by atoms with Crippen molar-refractivity contribution in [2.75, 3.05) is 26.8 Å². The third-order valence-electron chi connectivity index (χ3n) is 2.60. The Bertz CT molecular complexity index is 528. The summed E-state index contributed by atoms with van der Waals surface area (Å²) in [6.45, 7) is -0.137. The number of carbonyl (C=O) groups excluding carboxylic acids is 1. The highest BCUT2D eigenvalue weighted by molar-refractivity contribution is 6.32. The maximum Gasteiger partial charge on any atom is 0.323 e. The van der Waals surface area contributed by atoms with Crippen molar-refractivity contribution in [2.45, 2.75) is 0 Å². The Morgan fingerprint density at radius 2 is 2.19 bits per heavy atom. The van der Waals surface area contributed by atoms with Crippen LogP contribution >= 0.6 is 11.6 Å². The van der Waals surface area contributed by atoms with Crippen LogP contribution in [0.5, 0.6) is 0 Å². The first-order valence-corrected chi connectivity index (χ1v) is 6.45. The van der Waals surface area contributed by atoms with Gasteiger partial charge in [0.2, 0.25) is 5.91 Å². The summed E-state index contributed by atoms with van der Waals surface area (Å²) in [7, 11) is 1.44. The third kappa shape index (κ3) is 5.53. The number of methoxy groups -OCH3 is 1. The van der Waals surface area contributed by atoms with Gasteiger partial charge in [0.15, 0.2) is 0 Å². The van der Waals surface area contributed by atoms with E-state index in [0.29, 0.717) is 0 Å². The van der Waals surface area contributed by atoms with Gasteiger partial charge in [-0.3, -0.25) is 9.59 Å². The summed E-state index contributed by atoms with van der Waals surface area (Å²) in [5.74, 6) is -2.27. The first kappa shape index (κ1) is 17.1. The maximum absolute atomic E-state index is 13.5. The molecule has 21 heavy (non-hydrogen) atoms. The fourth-order valence-corrected chi connectivity index (χ4v) is 1.79. The van der Waals surface area contributed by atoms with Crippen molar-refractivity contribution in [3.05, 3.63) is 40.7 Å². The molecule has 0 fully saturated rings. The van der Waals surface area contributed by atoms with Crippen molar-refractivity contribution in [1.82, 2.24) is 4.90 Å². The lowest BCUT2D eigenvalue weighted by molar-refractivity contribution is -0.143. The molecule has 0 aliphatic carbocycles. The lowest BCUT2D eigenvalue weighted by Crippen LogP contribution is -2.36. The van der Waals surface area contributed by atoms with E-state index < -0.39 is 24.2 Å². The fraction of sp³-hybridized carbons (Fsp3) is 0.286. The van der Waals surface area contributed by atoms with Gasteiger partial charge in [-0.05, 0) is 18.2 Å². The SMILES string of the molecule is COCCN(CC(=O)O)C(=O)C=Cc1c(F)cccc1Cl. The summed E-state index contributed by atoms with van der Waals surface area (Å²) in [6, 6.07) is 4.16. The largest absolute Gasteiger partial charge is 0.480 e. The van der Waals surface area contributed by atoms with E-state index in [1.54, 1.807) is 0 Å². The summed E-state index contributed by atoms with van der Waals surface area (Å²) < 4.78 is 18.4. The lowest BCUT2D eigenvalue weighted by atomic mass is 10.2. The van der Waals surface area contributed by atoms with Gasteiger partial charge in [0.05, 0.1) is 11.6 Å². The minimum Gasteiger partial charge on any atom is -0.480 e. The first-order chi connectivity index (χ1) is 9.95. The van der Waals surface area contributed by atoms with Gasteiger partial charge in [0, 0.05) is 25.3 Å². The third-order valence-corrected chi connectivity index (χ3v) is 2.92. The van der Waals surface area contributed by atoms with Crippen LogP contribution < -0.4 is 0 Å². The van der Waals surface area contributed by atoms with Gasteiger partial charge < -0.3 is 14.7 Å². The molecule has 0 aromatic heterocycles. The zero-order valence-corrected chi connectivity index (χ0v) is 12.1. The zero-order valence-electron chi connectivity index (χ0n) is 11.4. The number of hydrogen-bond acceptors (Lipinski definition) is 3. The lowest BCUT2D eigenvalue weighted by Gasteiger charge is -2.18. The molecule has 1 rings (SSSR count). The Hall–Kier alpha value is -1.92. The summed E-state index contributed by atoms with van der Waals surface area (Å²) in [5, 5.41) is 8.93. The quantitative estimate of drug-likeness (QED) is 0.782. The molecule has 0 saturated carbocycles. The molecule has 114 valence electrons. The number of carboxylic acids is 1. The van der Waals surface area contributed by atoms with Crippen LogP contribution in [0.15, 0.2) is 24.3 Å². The van der Waals surface area contributed by atoms with E-state index in [4.69, 9.17) is 21.4 Å². The monoisotopic (exact) mass is 315 g/mol. The van der Waals surface area contributed by atoms with Gasteiger partial charge in [-0.2, -0.15) is 0 Å². The van der Waals surface area contributed by atoms with Gasteiger partial charge >= 0.3 is 5.97 Å². The maximum atomic E-state index is 13.5. The van der Waals surface area contributed by atoms with E-state index in [1.165, 1.54) is 31.4 Å². The average molecular weight is 316 g/mol. The molecule has 5 nitrogen and oxygen atoms in total. The van der Waals surface area contributed by atoms with Crippen LogP contribution in [-0.2, 0) is 14.3 Å². The number of nitrogens with zero attached hydrogens (tertiary/aromatic N) is 1. The van der Waals surface area contributed by atoms with Crippen LogP contribution in [0.4, 0.5) is 4.39 Å². The van der Waals surface area contributed by atoms with Crippen molar-refractivity contribution < 1.29 is 23.8 Å². The van der Waals surface area contributed by atoms with Crippen LogP contribution in [0.25, 0.3) is 6.08 Å². The number of carboxylic acid groups (broad SMARTS) is 1. The topological polar surface area (TPSA) is 66.8 Å². The molecule has 0 saturated heterocycles. The Morgan fingerprint density at radius 3 is 2.76 bits per heavy atom. The summed E-state index contributed by atoms with van der Waals surface area (Å²) in [4.78, 5) is 23.7. The van der Waals surface area contributed by atoms with E-state index in [0.717, 1.165) is 11.0 Å². The van der Waals surface area contributed by atoms with Gasteiger partial charge in [-0.1, -0.05) is 17.7 Å². The molecule has 0 heterocycles. The Labute approximate surface area is 126 Å². The van der Waals surface area contributed by atoms with E-state index in [1.807, 2.05) is 0 Å². The fourth-order valence-electron chi connectivity index (χ4n) is 1.56. The highest BCUT2D eigenvalue weighted by Gasteiger charge is 2.14. The molecule has 1 aromatic rings. The van der Waals surface area contributed by atoms with E-state index in [9.17, 15) is 14.0 Å². The average Bonchev–Trinajstić information content (AvgIpc) is 2.42. The minimum atomic E-state index is -1.14. The van der Waals surface area contributed by atoms with E-state index in [2.05, 4.69) is 0 Å². The zero-order chi connectivity index (χ0) is 15.8. The molecule has 1 aromatic carbocycles. The summed E-state index contributed by atoms with van der Waals surface area (Å²) >= 11 is 5.83. The molecule has 7 heteroatoms. The second kappa shape index (κ2) is 8.39. The van der Waals surface area contributed by atoms with Crippen LogP contribution in [0.2, 0.25) is 5.02 Å². The van der Waals surface area contributed by atoms with Crippen LogP contribution in [0.3, 0.4) is 0 Å². The number of halogens is 2. The molecule has 0 spiro atoms. The van der Waals surface area contributed by atoms with E-state index in [-0.39, 0.29) is 23.7 Å². The first-order valence-electron chi connectivity index (χ1n) is 6.07. The summed E-state index contributed by atoms with van der Waals surface area (Å²) in [5.41, 5.74) is 0.0783. The number of aliphatic carboxylic acids is 1. The number of carbonyl (C=O) groups is 2. The van der Waals surface area contributed by atoms with Crippen molar-refractivity contribution in [3.63, 3.8) is 0 Å². The molecule has 0 bridgehead atoms. The predicted octanol–water partition coefficient (Wildman–Crippen LogP) is 2.05. The molecule has 0 atom stereocenters. The van der Waals surface area contributed by atoms with Gasteiger partial charge in [-0.15, -0.1) is 0 Å². The molecular weight excluding hydrogens is 301 g/mol. The second-order valence-electron chi connectivity index (χ2n) is 4.11. The standard InChI is InChI=1S/C14H15ClFNO4/c1-21-8-7-17(9-14(19)20)13(18)6-5-10-11(15)3-2-4-12(10)16/h2-6H,7-9H2,1H3,(H,19,20). The molecule has 0 radical (unpaired) electrons. The smallest absolute Gasteiger partial charge is 0.323 e. The number of amides is 1. The highest BCUT2D eigenvalue weighted by atomic mass is 35.5. The normalized spacial score (nSPS) is 10.8. The van der Waals surface area contributed by atoms with Gasteiger partial charge in [0.25, 0.3) is 0 Å². The number of hydrogen-bond donors (Lipinski definition) is 1. The Balaban J connectivity index is 2.84. The van der Waals surface area contributed by atoms with Crippen molar-refractivity contribution in [2.24, 2.45) is 0 Å². The second-order valence-corrected chi connectivity index (χ2v) is 4.52.